The number of hydrogen-bond acceptors (Lipinski definition) is 3. The highest BCUT2D eigenvalue weighted by Crippen LogP contribution is 2.07. The maximum absolute atomic E-state index is 11.4. The fourth-order valence-electron chi connectivity index (χ4n) is 1.04. The van der Waals surface area contributed by atoms with Crippen LogP contribution in [0.3, 0.4) is 0 Å². The molecule has 0 aromatic rings. The summed E-state index contributed by atoms with van der Waals surface area (Å²) in [5, 5.41) is 4.72. The molecule has 1 aliphatic rings. The SMILES string of the molecule is CNC(=O)N(C)C=C1NC(=O)N(C)C1=O. The molecule has 1 heterocycles. The van der Waals surface area contributed by atoms with Crippen LogP contribution in [0.5, 0.6) is 0 Å². The van der Waals surface area contributed by atoms with Crippen molar-refractivity contribution in [2.75, 3.05) is 21.1 Å². The van der Waals surface area contributed by atoms with Gasteiger partial charge in [-0.25, -0.2) is 9.59 Å². The molecular formula is C8H12N4O3. The molecule has 0 aromatic carbocycles. The predicted molar refractivity (Wildman–Crippen MR) is 51.6 cm³/mol. The van der Waals surface area contributed by atoms with E-state index >= 15 is 0 Å². The summed E-state index contributed by atoms with van der Waals surface area (Å²) >= 11 is 0. The average molecular weight is 212 g/mol. The van der Waals surface area contributed by atoms with Gasteiger partial charge in [-0.15, -0.1) is 0 Å². The van der Waals surface area contributed by atoms with Gasteiger partial charge in [0.25, 0.3) is 5.91 Å². The molecule has 0 radical (unpaired) electrons. The fourth-order valence-corrected chi connectivity index (χ4v) is 1.04. The lowest BCUT2D eigenvalue weighted by molar-refractivity contribution is -0.122. The molecule has 1 aliphatic heterocycles. The molecule has 0 bridgehead atoms. The van der Waals surface area contributed by atoms with Crippen molar-refractivity contribution in [3.63, 3.8) is 0 Å². The van der Waals surface area contributed by atoms with Gasteiger partial charge in [0.05, 0.1) is 0 Å². The molecule has 0 spiro atoms. The maximum Gasteiger partial charge on any atom is 0.328 e. The first-order valence-corrected chi connectivity index (χ1v) is 4.22. The van der Waals surface area contributed by atoms with Crippen molar-refractivity contribution in [2.45, 2.75) is 0 Å². The van der Waals surface area contributed by atoms with Gasteiger partial charge in [0.2, 0.25) is 0 Å². The quantitative estimate of drug-likeness (QED) is 0.444. The Kier molecular flexibility index (Phi) is 2.93. The van der Waals surface area contributed by atoms with Crippen LogP contribution in [0.15, 0.2) is 11.9 Å². The molecule has 7 nitrogen and oxygen atoms in total. The molecule has 1 saturated heterocycles. The largest absolute Gasteiger partial charge is 0.341 e. The van der Waals surface area contributed by atoms with E-state index in [1.54, 1.807) is 0 Å². The van der Waals surface area contributed by atoms with Crippen LogP contribution in [0.2, 0.25) is 0 Å². The highest BCUT2D eigenvalue weighted by molar-refractivity contribution is 6.11. The smallest absolute Gasteiger partial charge is 0.328 e. The summed E-state index contributed by atoms with van der Waals surface area (Å²) in [5.74, 6) is -0.462. The number of likely N-dealkylation sites (N-methyl/N-ethyl adjacent to an activating group) is 1. The monoisotopic (exact) mass is 212 g/mol. The van der Waals surface area contributed by atoms with E-state index in [2.05, 4.69) is 10.6 Å². The molecule has 1 fully saturated rings. The van der Waals surface area contributed by atoms with Crippen molar-refractivity contribution in [3.8, 4) is 0 Å². The zero-order valence-corrected chi connectivity index (χ0v) is 8.70. The van der Waals surface area contributed by atoms with Crippen LogP contribution >= 0.6 is 0 Å². The Morgan fingerprint density at radius 3 is 2.53 bits per heavy atom. The summed E-state index contributed by atoms with van der Waals surface area (Å²) in [6.07, 6.45) is 1.27. The van der Waals surface area contributed by atoms with E-state index in [9.17, 15) is 14.4 Å². The van der Waals surface area contributed by atoms with E-state index in [1.807, 2.05) is 0 Å². The number of hydrogen-bond donors (Lipinski definition) is 2. The molecule has 0 atom stereocenters. The Morgan fingerprint density at radius 2 is 2.13 bits per heavy atom. The number of rotatable bonds is 1. The van der Waals surface area contributed by atoms with Crippen LogP contribution < -0.4 is 10.6 Å². The minimum Gasteiger partial charge on any atom is -0.341 e. The number of carbonyl (C=O) groups is 3. The highest BCUT2D eigenvalue weighted by Gasteiger charge is 2.30. The number of nitrogens with one attached hydrogen (secondary N) is 2. The molecule has 0 aromatic heterocycles. The molecule has 82 valence electrons. The van der Waals surface area contributed by atoms with E-state index in [1.165, 1.54) is 32.2 Å². The molecule has 5 amide bonds. The van der Waals surface area contributed by atoms with Crippen LogP contribution in [0, 0.1) is 0 Å². The second-order valence-corrected chi connectivity index (χ2v) is 3.00. The van der Waals surface area contributed by atoms with Gasteiger partial charge in [0.15, 0.2) is 0 Å². The lowest BCUT2D eigenvalue weighted by atomic mass is 10.4. The summed E-state index contributed by atoms with van der Waals surface area (Å²) in [4.78, 5) is 35.6. The van der Waals surface area contributed by atoms with Crippen LogP contribution in [0.25, 0.3) is 0 Å². The molecule has 1 rings (SSSR count). The zero-order chi connectivity index (χ0) is 11.6. The van der Waals surface area contributed by atoms with E-state index in [0.717, 1.165) is 4.90 Å². The van der Waals surface area contributed by atoms with E-state index in [0.29, 0.717) is 0 Å². The molecule has 2 N–H and O–H groups in total. The first kappa shape index (κ1) is 11.0. The predicted octanol–water partition coefficient (Wildman–Crippen LogP) is -0.719. The maximum atomic E-state index is 11.4. The number of urea groups is 2. The lowest BCUT2D eigenvalue weighted by Gasteiger charge is -2.11. The van der Waals surface area contributed by atoms with Crippen LogP contribution in [-0.2, 0) is 4.79 Å². The van der Waals surface area contributed by atoms with Gasteiger partial charge in [-0.1, -0.05) is 0 Å². The van der Waals surface area contributed by atoms with Gasteiger partial charge in [-0.3, -0.25) is 9.69 Å². The summed E-state index contributed by atoms with van der Waals surface area (Å²) in [7, 11) is 4.31. The third-order valence-electron chi connectivity index (χ3n) is 1.94. The topological polar surface area (TPSA) is 81.8 Å². The van der Waals surface area contributed by atoms with E-state index < -0.39 is 11.9 Å². The Labute approximate surface area is 86.7 Å². The summed E-state index contributed by atoms with van der Waals surface area (Å²) in [6, 6.07) is -0.879. The molecular weight excluding hydrogens is 200 g/mol. The van der Waals surface area contributed by atoms with Crippen LogP contribution in [-0.4, -0.2) is 48.9 Å². The molecule has 0 unspecified atom stereocenters. The molecule has 7 heteroatoms. The molecule has 0 aliphatic carbocycles. The van der Waals surface area contributed by atoms with Crippen molar-refractivity contribution < 1.29 is 14.4 Å². The third kappa shape index (κ3) is 2.06. The Balaban J connectivity index is 2.82. The van der Waals surface area contributed by atoms with E-state index in [-0.39, 0.29) is 11.7 Å². The third-order valence-corrected chi connectivity index (χ3v) is 1.94. The first-order chi connectivity index (χ1) is 6.97. The van der Waals surface area contributed by atoms with Gasteiger partial charge in [0.1, 0.15) is 5.70 Å². The molecule has 0 saturated carbocycles. The van der Waals surface area contributed by atoms with Crippen molar-refractivity contribution in [1.82, 2.24) is 20.4 Å². The second kappa shape index (κ2) is 3.99. The van der Waals surface area contributed by atoms with Gasteiger partial charge >= 0.3 is 12.1 Å². The van der Waals surface area contributed by atoms with Crippen LogP contribution in [0.1, 0.15) is 0 Å². The van der Waals surface area contributed by atoms with Crippen molar-refractivity contribution in [1.29, 1.82) is 0 Å². The normalized spacial score (nSPS) is 18.1. The second-order valence-electron chi connectivity index (χ2n) is 3.00. The number of nitrogens with zero attached hydrogens (tertiary/aromatic N) is 2. The van der Waals surface area contributed by atoms with Gasteiger partial charge in [0, 0.05) is 27.3 Å². The Morgan fingerprint density at radius 1 is 1.53 bits per heavy atom. The van der Waals surface area contributed by atoms with Gasteiger partial charge < -0.3 is 15.5 Å². The standard InChI is InChI=1S/C8H12N4O3/c1-9-7(14)11(2)4-5-6(13)12(3)8(15)10-5/h4H,1-3H3,(H,9,14)(H,10,15). The van der Waals surface area contributed by atoms with Crippen molar-refractivity contribution in [3.05, 3.63) is 11.9 Å². The minimum absolute atomic E-state index is 0.0774. The number of amides is 5. The average Bonchev–Trinajstić information content (AvgIpc) is 2.45. The van der Waals surface area contributed by atoms with E-state index in [4.69, 9.17) is 0 Å². The lowest BCUT2D eigenvalue weighted by Crippen LogP contribution is -2.32. The van der Waals surface area contributed by atoms with Crippen LogP contribution in [0.4, 0.5) is 9.59 Å². The molecule has 15 heavy (non-hydrogen) atoms. The number of imide groups is 1. The van der Waals surface area contributed by atoms with Crippen molar-refractivity contribution in [2.24, 2.45) is 0 Å². The van der Waals surface area contributed by atoms with Gasteiger partial charge in [-0.2, -0.15) is 0 Å². The minimum atomic E-state index is -0.503. The zero-order valence-electron chi connectivity index (χ0n) is 8.70. The Bertz CT molecular complexity index is 350. The summed E-state index contributed by atoms with van der Waals surface area (Å²) in [6.45, 7) is 0. The Hall–Kier alpha value is -2.05. The summed E-state index contributed by atoms with van der Waals surface area (Å²) < 4.78 is 0. The highest BCUT2D eigenvalue weighted by atomic mass is 16.2. The first-order valence-electron chi connectivity index (χ1n) is 4.22. The fraction of sp³-hybridized carbons (Fsp3) is 0.375. The number of carbonyl (C=O) groups excluding carboxylic acids is 3. The van der Waals surface area contributed by atoms with Gasteiger partial charge in [-0.05, 0) is 0 Å². The summed E-state index contributed by atoms with van der Waals surface area (Å²) in [5.41, 5.74) is 0.0774. The van der Waals surface area contributed by atoms with Crippen molar-refractivity contribution >= 4 is 18.0 Å².